The van der Waals surface area contributed by atoms with Crippen molar-refractivity contribution in [2.45, 2.75) is 26.8 Å². The third-order valence-electron chi connectivity index (χ3n) is 5.57. The van der Waals surface area contributed by atoms with Crippen LogP contribution in [-0.2, 0) is 17.8 Å². The Morgan fingerprint density at radius 3 is 2.55 bits per heavy atom. The molecule has 0 bridgehead atoms. The Bertz CT molecular complexity index is 1010. The summed E-state index contributed by atoms with van der Waals surface area (Å²) in [6.45, 7) is 7.64. The number of nitrogens with zero attached hydrogens (tertiary/aromatic N) is 4. The summed E-state index contributed by atoms with van der Waals surface area (Å²) in [7, 11) is 0. The molecule has 7 nitrogen and oxygen atoms in total. The highest BCUT2D eigenvalue weighted by atomic mass is 16.5. The van der Waals surface area contributed by atoms with Crippen LogP contribution in [0.4, 0.5) is 0 Å². The molecule has 1 fully saturated rings. The fourth-order valence-electron chi connectivity index (χ4n) is 3.65. The Balaban J connectivity index is 1.25. The molecular formula is C24H28N4O3. The van der Waals surface area contributed by atoms with Crippen LogP contribution >= 0.6 is 0 Å². The molecule has 7 heteroatoms. The van der Waals surface area contributed by atoms with E-state index in [1.807, 2.05) is 60.4 Å². The summed E-state index contributed by atoms with van der Waals surface area (Å²) in [5.41, 5.74) is 3.25. The first-order valence-corrected chi connectivity index (χ1v) is 10.7. The van der Waals surface area contributed by atoms with Crippen LogP contribution in [0.5, 0.6) is 5.75 Å². The maximum Gasteiger partial charge on any atom is 0.260 e. The van der Waals surface area contributed by atoms with Gasteiger partial charge in [-0.05, 0) is 25.0 Å². The first-order valence-electron chi connectivity index (χ1n) is 10.7. The Morgan fingerprint density at radius 1 is 1.06 bits per heavy atom. The number of hydrogen-bond acceptors (Lipinski definition) is 6. The molecule has 1 saturated heterocycles. The second kappa shape index (κ2) is 9.75. The molecule has 0 atom stereocenters. The van der Waals surface area contributed by atoms with Gasteiger partial charge >= 0.3 is 0 Å². The summed E-state index contributed by atoms with van der Waals surface area (Å²) >= 11 is 0. The van der Waals surface area contributed by atoms with Gasteiger partial charge in [-0.15, -0.1) is 0 Å². The second-order valence-electron chi connectivity index (χ2n) is 7.78. The number of benzene rings is 2. The van der Waals surface area contributed by atoms with E-state index in [0.717, 1.165) is 36.4 Å². The van der Waals surface area contributed by atoms with Crippen molar-refractivity contribution in [2.24, 2.45) is 0 Å². The van der Waals surface area contributed by atoms with Gasteiger partial charge in [0.1, 0.15) is 5.75 Å². The van der Waals surface area contributed by atoms with Crippen LogP contribution in [0.1, 0.15) is 23.9 Å². The van der Waals surface area contributed by atoms with Crippen molar-refractivity contribution in [3.8, 4) is 17.1 Å². The number of aryl methyl sites for hydroxylation is 2. The number of aromatic nitrogens is 2. The molecule has 1 aliphatic heterocycles. The van der Waals surface area contributed by atoms with Crippen molar-refractivity contribution < 1.29 is 14.1 Å². The van der Waals surface area contributed by atoms with Gasteiger partial charge in [-0.1, -0.05) is 60.1 Å². The Hall–Kier alpha value is -3.19. The maximum atomic E-state index is 12.6. The van der Waals surface area contributed by atoms with E-state index in [-0.39, 0.29) is 12.5 Å². The lowest BCUT2D eigenvalue weighted by molar-refractivity contribution is -0.135. The zero-order valence-electron chi connectivity index (χ0n) is 18.1. The summed E-state index contributed by atoms with van der Waals surface area (Å²) in [6, 6.07) is 15.9. The van der Waals surface area contributed by atoms with Crippen LogP contribution < -0.4 is 4.74 Å². The molecule has 2 aromatic carbocycles. The van der Waals surface area contributed by atoms with Gasteiger partial charge in [0, 0.05) is 31.7 Å². The number of hydrogen-bond donors (Lipinski definition) is 0. The number of rotatable bonds is 7. The van der Waals surface area contributed by atoms with Gasteiger partial charge in [-0.2, -0.15) is 4.98 Å². The summed E-state index contributed by atoms with van der Waals surface area (Å²) in [4.78, 5) is 21.2. The molecule has 3 aromatic rings. The third kappa shape index (κ3) is 5.30. The lowest BCUT2D eigenvalue weighted by Gasteiger charge is -2.33. The van der Waals surface area contributed by atoms with Gasteiger partial charge in [-0.25, -0.2) is 0 Å². The molecular weight excluding hydrogens is 392 g/mol. The first-order chi connectivity index (χ1) is 15.1. The Labute approximate surface area is 182 Å². The standard InChI is InChI=1S/C24H28N4O3/c1-3-19-6-4-5-7-21(19)30-17-23(29)28-14-12-27(13-15-28)16-22-25-24(26-31-22)20-10-8-18(2)9-11-20/h4-11H,3,12-17H2,1-2H3. The summed E-state index contributed by atoms with van der Waals surface area (Å²) in [5, 5.41) is 4.10. The number of carbonyl (C=O) groups excluding carboxylic acids is 1. The number of carbonyl (C=O) groups is 1. The monoisotopic (exact) mass is 420 g/mol. The van der Waals surface area contributed by atoms with E-state index in [1.165, 1.54) is 5.56 Å². The third-order valence-corrected chi connectivity index (χ3v) is 5.57. The minimum absolute atomic E-state index is 0.0185. The first kappa shape index (κ1) is 21.1. The summed E-state index contributed by atoms with van der Waals surface area (Å²) in [5.74, 6) is 2.01. The van der Waals surface area contributed by atoms with E-state index in [0.29, 0.717) is 31.3 Å². The molecule has 0 N–H and O–H groups in total. The van der Waals surface area contributed by atoms with E-state index in [4.69, 9.17) is 9.26 Å². The second-order valence-corrected chi connectivity index (χ2v) is 7.78. The highest BCUT2D eigenvalue weighted by Gasteiger charge is 2.23. The zero-order chi connectivity index (χ0) is 21.6. The molecule has 0 spiro atoms. The zero-order valence-corrected chi connectivity index (χ0v) is 18.1. The average molecular weight is 421 g/mol. The molecule has 0 saturated carbocycles. The van der Waals surface area contributed by atoms with Crippen molar-refractivity contribution in [2.75, 3.05) is 32.8 Å². The van der Waals surface area contributed by atoms with Crippen LogP contribution in [-0.4, -0.2) is 58.6 Å². The number of piperazine rings is 1. The quantitative estimate of drug-likeness (QED) is 0.584. The van der Waals surface area contributed by atoms with Crippen molar-refractivity contribution in [3.05, 3.63) is 65.5 Å². The molecule has 1 amide bonds. The normalized spacial score (nSPS) is 14.6. The fraction of sp³-hybridized carbons (Fsp3) is 0.375. The van der Waals surface area contributed by atoms with E-state index in [1.54, 1.807) is 0 Å². The molecule has 162 valence electrons. The van der Waals surface area contributed by atoms with Gasteiger partial charge < -0.3 is 14.2 Å². The molecule has 31 heavy (non-hydrogen) atoms. The molecule has 4 rings (SSSR count). The molecule has 2 heterocycles. The van der Waals surface area contributed by atoms with E-state index in [2.05, 4.69) is 22.0 Å². The van der Waals surface area contributed by atoms with Crippen molar-refractivity contribution in [1.82, 2.24) is 19.9 Å². The predicted molar refractivity (Wildman–Crippen MR) is 118 cm³/mol. The Kier molecular flexibility index (Phi) is 6.62. The van der Waals surface area contributed by atoms with Gasteiger partial charge in [0.05, 0.1) is 6.54 Å². The highest BCUT2D eigenvalue weighted by Crippen LogP contribution is 2.19. The van der Waals surface area contributed by atoms with Crippen LogP contribution in [0.2, 0.25) is 0 Å². The van der Waals surface area contributed by atoms with Crippen LogP contribution in [0.25, 0.3) is 11.4 Å². The van der Waals surface area contributed by atoms with Crippen LogP contribution in [0, 0.1) is 6.92 Å². The average Bonchev–Trinajstić information content (AvgIpc) is 3.27. The van der Waals surface area contributed by atoms with E-state index >= 15 is 0 Å². The van der Waals surface area contributed by atoms with Crippen molar-refractivity contribution in [1.29, 1.82) is 0 Å². The summed E-state index contributed by atoms with van der Waals surface area (Å²) < 4.78 is 11.2. The van der Waals surface area contributed by atoms with Gasteiger partial charge in [0.15, 0.2) is 6.61 Å². The summed E-state index contributed by atoms with van der Waals surface area (Å²) in [6.07, 6.45) is 0.879. The lowest BCUT2D eigenvalue weighted by atomic mass is 10.1. The highest BCUT2D eigenvalue weighted by molar-refractivity contribution is 5.78. The number of ether oxygens (including phenoxy) is 1. The molecule has 1 aromatic heterocycles. The smallest absolute Gasteiger partial charge is 0.260 e. The lowest BCUT2D eigenvalue weighted by Crippen LogP contribution is -2.49. The Morgan fingerprint density at radius 2 is 1.81 bits per heavy atom. The topological polar surface area (TPSA) is 71.7 Å². The van der Waals surface area contributed by atoms with Gasteiger partial charge in [0.2, 0.25) is 11.7 Å². The molecule has 0 radical (unpaired) electrons. The minimum Gasteiger partial charge on any atom is -0.483 e. The van der Waals surface area contributed by atoms with Gasteiger partial charge in [0.25, 0.3) is 5.91 Å². The van der Waals surface area contributed by atoms with Crippen LogP contribution in [0.3, 0.4) is 0 Å². The molecule has 0 unspecified atom stereocenters. The molecule has 1 aliphatic rings. The van der Waals surface area contributed by atoms with Crippen molar-refractivity contribution in [3.63, 3.8) is 0 Å². The fourth-order valence-corrected chi connectivity index (χ4v) is 3.65. The van der Waals surface area contributed by atoms with E-state index in [9.17, 15) is 4.79 Å². The van der Waals surface area contributed by atoms with Gasteiger partial charge in [-0.3, -0.25) is 9.69 Å². The van der Waals surface area contributed by atoms with E-state index < -0.39 is 0 Å². The van der Waals surface area contributed by atoms with Crippen LogP contribution in [0.15, 0.2) is 53.1 Å². The number of amides is 1. The minimum atomic E-state index is 0.0185. The molecule has 0 aliphatic carbocycles. The van der Waals surface area contributed by atoms with Crippen molar-refractivity contribution >= 4 is 5.91 Å². The SMILES string of the molecule is CCc1ccccc1OCC(=O)N1CCN(Cc2nc(-c3ccc(C)cc3)no2)CC1. The number of para-hydroxylation sites is 1. The largest absolute Gasteiger partial charge is 0.483 e. The predicted octanol–water partition coefficient (Wildman–Crippen LogP) is 3.33. The maximum absolute atomic E-state index is 12.6.